The molecule has 0 spiro atoms. The minimum atomic E-state index is 0.678. The summed E-state index contributed by atoms with van der Waals surface area (Å²) < 4.78 is 0.678. The van der Waals surface area contributed by atoms with Crippen LogP contribution in [-0.4, -0.2) is 10.4 Å². The van der Waals surface area contributed by atoms with E-state index < -0.39 is 0 Å². The maximum atomic E-state index is 3.49. The van der Waals surface area contributed by atoms with Gasteiger partial charge in [0.25, 0.3) is 0 Å². The minimum absolute atomic E-state index is 0.678. The lowest BCUT2D eigenvalue weighted by Gasteiger charge is -1.99. The summed E-state index contributed by atoms with van der Waals surface area (Å²) in [6.07, 6.45) is 5.47. The number of allylic oxidation sites excluding steroid dienone is 2. The Morgan fingerprint density at radius 3 is 2.86 bits per heavy atom. The number of alkyl halides is 1. The van der Waals surface area contributed by atoms with Crippen LogP contribution in [0.4, 0.5) is 0 Å². The Morgan fingerprint density at radius 1 is 1.71 bits per heavy atom. The molecule has 0 fully saturated rings. The summed E-state index contributed by atoms with van der Waals surface area (Å²) in [5, 5.41) is 0. The van der Waals surface area contributed by atoms with E-state index >= 15 is 0 Å². The van der Waals surface area contributed by atoms with Crippen LogP contribution < -0.4 is 0 Å². The van der Waals surface area contributed by atoms with E-state index in [1.165, 1.54) is 14.6 Å². The molecule has 0 aliphatic carbocycles. The van der Waals surface area contributed by atoms with Crippen LogP contribution in [0.15, 0.2) is 12.2 Å². The van der Waals surface area contributed by atoms with E-state index in [9.17, 15) is 0 Å². The van der Waals surface area contributed by atoms with Crippen LogP contribution in [0.25, 0.3) is 0 Å². The number of hydrogen-bond donors (Lipinski definition) is 0. The van der Waals surface area contributed by atoms with Gasteiger partial charge in [0.15, 0.2) is 0 Å². The third-order valence-electron chi connectivity index (χ3n) is 0.801. The molecule has 1 rings (SSSR count). The molecule has 0 aromatic rings. The molecule has 0 aromatic heterocycles. The standard InChI is InChI=1S/C5H6BrP/c6-5-3-1-2-4-7-5/h1-2,4-5H,3H2. The highest BCUT2D eigenvalue weighted by atomic mass is 79.9. The van der Waals surface area contributed by atoms with E-state index in [1.807, 2.05) is 0 Å². The molecule has 1 aliphatic heterocycles. The van der Waals surface area contributed by atoms with Crippen LogP contribution in [0, 0.1) is 0 Å². The summed E-state index contributed by atoms with van der Waals surface area (Å²) in [7, 11) is 1.40. The first-order chi connectivity index (χ1) is 3.39. The fourth-order valence-corrected chi connectivity index (χ4v) is 1.73. The van der Waals surface area contributed by atoms with Crippen molar-refractivity contribution < 1.29 is 0 Å². The molecule has 0 saturated heterocycles. The van der Waals surface area contributed by atoms with E-state index in [4.69, 9.17) is 0 Å². The van der Waals surface area contributed by atoms with Crippen molar-refractivity contribution in [1.29, 1.82) is 0 Å². The Morgan fingerprint density at radius 2 is 2.57 bits per heavy atom. The van der Waals surface area contributed by atoms with E-state index in [-0.39, 0.29) is 0 Å². The molecule has 1 atom stereocenters. The molecule has 0 aromatic carbocycles. The molecule has 1 aliphatic rings. The van der Waals surface area contributed by atoms with Gasteiger partial charge in [-0.15, -0.1) is 0 Å². The topological polar surface area (TPSA) is 0 Å². The first-order valence-electron chi connectivity index (χ1n) is 2.22. The normalized spacial score (nSPS) is 30.7. The van der Waals surface area contributed by atoms with Crippen molar-refractivity contribution in [3.05, 3.63) is 12.2 Å². The zero-order chi connectivity index (χ0) is 5.11. The molecule has 1 unspecified atom stereocenters. The van der Waals surface area contributed by atoms with E-state index in [1.54, 1.807) is 0 Å². The van der Waals surface area contributed by atoms with Gasteiger partial charge >= 0.3 is 0 Å². The molecular weight excluding hydrogens is 171 g/mol. The molecule has 0 amide bonds. The van der Waals surface area contributed by atoms with Crippen LogP contribution >= 0.6 is 24.1 Å². The molecule has 0 bridgehead atoms. The second kappa shape index (κ2) is 2.64. The summed E-state index contributed by atoms with van der Waals surface area (Å²) >= 11 is 3.49. The Balaban J connectivity index is 2.49. The summed E-state index contributed by atoms with van der Waals surface area (Å²) in [6.45, 7) is 0. The van der Waals surface area contributed by atoms with Crippen LogP contribution in [0.2, 0.25) is 0 Å². The highest BCUT2D eigenvalue weighted by molar-refractivity contribution is 9.10. The van der Waals surface area contributed by atoms with Gasteiger partial charge in [0.05, 0.1) is 4.57 Å². The van der Waals surface area contributed by atoms with Crippen molar-refractivity contribution in [3.63, 3.8) is 0 Å². The third-order valence-corrected chi connectivity index (χ3v) is 2.76. The second-order valence-electron chi connectivity index (χ2n) is 1.40. The molecule has 2 heteroatoms. The minimum Gasteiger partial charge on any atom is -0.0891 e. The van der Waals surface area contributed by atoms with Gasteiger partial charge in [-0.25, -0.2) is 0 Å². The smallest absolute Gasteiger partial charge is 0.0597 e. The van der Waals surface area contributed by atoms with Crippen LogP contribution in [0.3, 0.4) is 0 Å². The van der Waals surface area contributed by atoms with E-state index in [0.717, 1.165) is 0 Å². The van der Waals surface area contributed by atoms with Gasteiger partial charge in [0.1, 0.15) is 0 Å². The van der Waals surface area contributed by atoms with Gasteiger partial charge < -0.3 is 0 Å². The maximum absolute atomic E-state index is 3.49. The van der Waals surface area contributed by atoms with Crippen molar-refractivity contribution >= 4 is 29.9 Å². The van der Waals surface area contributed by atoms with Crippen molar-refractivity contribution in [3.8, 4) is 0 Å². The van der Waals surface area contributed by atoms with Gasteiger partial charge in [-0.2, -0.15) is 0 Å². The van der Waals surface area contributed by atoms with Crippen molar-refractivity contribution in [2.75, 3.05) is 0 Å². The van der Waals surface area contributed by atoms with E-state index in [2.05, 4.69) is 33.9 Å². The first kappa shape index (κ1) is 5.53. The Bertz CT molecular complexity index is 107. The molecule has 0 saturated carbocycles. The maximum Gasteiger partial charge on any atom is 0.0597 e. The van der Waals surface area contributed by atoms with Gasteiger partial charge in [-0.3, -0.25) is 0 Å². The monoisotopic (exact) mass is 176 g/mol. The first-order valence-corrected chi connectivity index (χ1v) is 4.17. The molecular formula is C5H6BrP. The average molecular weight is 177 g/mol. The molecule has 0 radical (unpaired) electrons. The zero-order valence-corrected chi connectivity index (χ0v) is 6.32. The lowest BCUT2D eigenvalue weighted by atomic mass is 10.4. The molecule has 1 heterocycles. The highest BCUT2D eigenvalue weighted by Gasteiger charge is 1.96. The summed E-state index contributed by atoms with van der Waals surface area (Å²) in [5.41, 5.74) is 0. The highest BCUT2D eigenvalue weighted by Crippen LogP contribution is 2.21. The Labute approximate surface area is 53.5 Å². The van der Waals surface area contributed by atoms with Crippen molar-refractivity contribution in [1.82, 2.24) is 0 Å². The molecule has 0 N–H and O–H groups in total. The largest absolute Gasteiger partial charge is 0.0891 e. The predicted molar refractivity (Wildman–Crippen MR) is 39.5 cm³/mol. The van der Waals surface area contributed by atoms with Crippen LogP contribution in [0.1, 0.15) is 6.42 Å². The van der Waals surface area contributed by atoms with E-state index in [0.29, 0.717) is 4.57 Å². The predicted octanol–water partition coefficient (Wildman–Crippen LogP) is 2.42. The fraction of sp³-hybridized carbons (Fsp3) is 0.400. The lowest BCUT2D eigenvalue weighted by molar-refractivity contribution is 1.20. The number of hydrogen-bond acceptors (Lipinski definition) is 0. The number of halogens is 1. The summed E-state index contributed by atoms with van der Waals surface area (Å²) in [4.78, 5) is 0. The van der Waals surface area contributed by atoms with Gasteiger partial charge in [0.2, 0.25) is 0 Å². The van der Waals surface area contributed by atoms with Crippen LogP contribution in [0.5, 0.6) is 0 Å². The second-order valence-corrected chi connectivity index (χ2v) is 4.43. The quantitative estimate of drug-likeness (QED) is 0.393. The van der Waals surface area contributed by atoms with Crippen molar-refractivity contribution in [2.45, 2.75) is 11.0 Å². The lowest BCUT2D eigenvalue weighted by Crippen LogP contribution is -1.85. The SMILES string of the molecule is BrC1CC=CC=P1. The van der Waals surface area contributed by atoms with Crippen LogP contribution in [-0.2, 0) is 0 Å². The molecule has 38 valence electrons. The van der Waals surface area contributed by atoms with Gasteiger partial charge in [-0.1, -0.05) is 36.3 Å². The van der Waals surface area contributed by atoms with Gasteiger partial charge in [-0.05, 0) is 12.2 Å². The average Bonchev–Trinajstić information content (AvgIpc) is 1.69. The molecule has 0 nitrogen and oxygen atoms in total. The summed E-state index contributed by atoms with van der Waals surface area (Å²) in [5.74, 6) is 2.16. The van der Waals surface area contributed by atoms with Gasteiger partial charge in [0, 0.05) is 0 Å². The number of rotatable bonds is 0. The zero-order valence-electron chi connectivity index (χ0n) is 3.84. The fourth-order valence-electron chi connectivity index (χ4n) is 0.456. The molecule has 7 heavy (non-hydrogen) atoms. The summed E-state index contributed by atoms with van der Waals surface area (Å²) in [6, 6.07) is 0. The Hall–Kier alpha value is 0.390. The Kier molecular flexibility index (Phi) is 2.08. The van der Waals surface area contributed by atoms with Crippen molar-refractivity contribution in [2.24, 2.45) is 0 Å². The third kappa shape index (κ3) is 1.75.